The molecule has 0 saturated heterocycles. The second-order valence-electron chi connectivity index (χ2n) is 4.27. The van der Waals surface area contributed by atoms with Gasteiger partial charge in [0.1, 0.15) is 5.03 Å². The Bertz CT molecular complexity index is 656. The van der Waals surface area contributed by atoms with Crippen molar-refractivity contribution in [3.8, 4) is 0 Å². The van der Waals surface area contributed by atoms with Crippen LogP contribution in [0.5, 0.6) is 0 Å². The molecule has 0 amide bonds. The van der Waals surface area contributed by atoms with E-state index in [4.69, 9.17) is 5.73 Å². The van der Waals surface area contributed by atoms with Gasteiger partial charge in [0.2, 0.25) is 0 Å². The van der Waals surface area contributed by atoms with Crippen molar-refractivity contribution in [2.45, 2.75) is 22.3 Å². The third-order valence-electron chi connectivity index (χ3n) is 2.75. The van der Waals surface area contributed by atoms with Crippen LogP contribution in [0.4, 0.5) is 0 Å². The van der Waals surface area contributed by atoms with E-state index < -0.39 is 0 Å². The average molecular weight is 287 g/mol. The van der Waals surface area contributed by atoms with Crippen LogP contribution in [0.25, 0.3) is 10.2 Å². The van der Waals surface area contributed by atoms with Crippen molar-refractivity contribution in [1.29, 1.82) is 0 Å². The molecular formula is C14H13N3S2. The van der Waals surface area contributed by atoms with Crippen LogP contribution in [0.15, 0.2) is 52.0 Å². The van der Waals surface area contributed by atoms with Crippen LogP contribution in [0, 0.1) is 0 Å². The molecule has 0 aliphatic carbocycles. The van der Waals surface area contributed by atoms with Crippen LogP contribution in [0.3, 0.4) is 0 Å². The number of para-hydroxylation sites is 1. The molecule has 96 valence electrons. The number of thiazole rings is 1. The number of hydrogen-bond donors (Lipinski definition) is 1. The van der Waals surface area contributed by atoms with Crippen molar-refractivity contribution in [1.82, 2.24) is 9.97 Å². The lowest BCUT2D eigenvalue weighted by atomic mass is 10.2. The van der Waals surface area contributed by atoms with Crippen LogP contribution < -0.4 is 5.73 Å². The second-order valence-corrected chi connectivity index (χ2v) is 6.57. The van der Waals surface area contributed by atoms with Crippen LogP contribution in [0.2, 0.25) is 0 Å². The Morgan fingerprint density at radius 3 is 2.74 bits per heavy atom. The van der Waals surface area contributed by atoms with Gasteiger partial charge in [0.05, 0.1) is 10.2 Å². The van der Waals surface area contributed by atoms with Gasteiger partial charge in [-0.2, -0.15) is 0 Å². The normalized spacial score (nSPS) is 12.7. The highest BCUT2D eigenvalue weighted by atomic mass is 32.2. The van der Waals surface area contributed by atoms with Crippen LogP contribution in [-0.4, -0.2) is 9.97 Å². The van der Waals surface area contributed by atoms with Gasteiger partial charge in [0, 0.05) is 12.2 Å². The number of fused-ring (bicyclic) bond motifs is 1. The summed E-state index contributed by atoms with van der Waals surface area (Å²) >= 11 is 3.28. The Morgan fingerprint density at radius 1 is 1.21 bits per heavy atom. The second kappa shape index (κ2) is 5.28. The Kier molecular flexibility index (Phi) is 3.50. The lowest BCUT2D eigenvalue weighted by molar-refractivity contribution is 0.806. The van der Waals surface area contributed by atoms with Crippen LogP contribution >= 0.6 is 23.1 Å². The molecule has 3 nitrogen and oxygen atoms in total. The van der Waals surface area contributed by atoms with Gasteiger partial charge in [-0.3, -0.25) is 0 Å². The van der Waals surface area contributed by atoms with E-state index in [0.717, 1.165) is 20.4 Å². The summed E-state index contributed by atoms with van der Waals surface area (Å²) in [5.41, 5.74) is 7.90. The van der Waals surface area contributed by atoms with Crippen molar-refractivity contribution < 1.29 is 0 Å². The lowest BCUT2D eigenvalue weighted by Gasteiger charge is -2.04. The van der Waals surface area contributed by atoms with Crippen molar-refractivity contribution in [2.24, 2.45) is 5.73 Å². The molecular weight excluding hydrogens is 274 g/mol. The summed E-state index contributed by atoms with van der Waals surface area (Å²) < 4.78 is 2.22. The van der Waals surface area contributed by atoms with Crippen LogP contribution in [0.1, 0.15) is 18.5 Å². The molecule has 3 rings (SSSR count). The summed E-state index contributed by atoms with van der Waals surface area (Å²) in [5.74, 6) is 0. The van der Waals surface area contributed by atoms with Gasteiger partial charge in [-0.05, 0) is 42.4 Å². The first-order chi connectivity index (χ1) is 9.22. The number of rotatable bonds is 3. The zero-order chi connectivity index (χ0) is 13.2. The van der Waals surface area contributed by atoms with E-state index in [0.29, 0.717) is 0 Å². The molecule has 2 N–H and O–H groups in total. The number of pyridine rings is 1. The summed E-state index contributed by atoms with van der Waals surface area (Å²) in [6.45, 7) is 1.96. The van der Waals surface area contributed by atoms with Gasteiger partial charge < -0.3 is 5.73 Å². The molecule has 3 aromatic rings. The largest absolute Gasteiger partial charge is 0.324 e. The van der Waals surface area contributed by atoms with Crippen molar-refractivity contribution >= 4 is 33.3 Å². The topological polar surface area (TPSA) is 51.8 Å². The minimum Gasteiger partial charge on any atom is -0.324 e. The molecule has 0 aliphatic rings. The van der Waals surface area contributed by atoms with E-state index in [1.807, 2.05) is 43.5 Å². The fourth-order valence-corrected chi connectivity index (χ4v) is 3.66. The molecule has 0 spiro atoms. The van der Waals surface area contributed by atoms with E-state index in [1.54, 1.807) is 23.1 Å². The molecule has 0 fully saturated rings. The van der Waals surface area contributed by atoms with Gasteiger partial charge in [-0.25, -0.2) is 9.97 Å². The Hall–Kier alpha value is -1.43. The highest BCUT2D eigenvalue weighted by Crippen LogP contribution is 2.33. The number of aromatic nitrogens is 2. The molecule has 2 aromatic heterocycles. The van der Waals surface area contributed by atoms with E-state index in [2.05, 4.69) is 16.0 Å². The summed E-state index contributed by atoms with van der Waals surface area (Å²) in [6.07, 6.45) is 1.83. The minimum atomic E-state index is 0.0222. The first-order valence-electron chi connectivity index (χ1n) is 5.97. The first kappa shape index (κ1) is 12.6. The quantitative estimate of drug-likeness (QED) is 0.794. The van der Waals surface area contributed by atoms with Crippen molar-refractivity contribution in [3.05, 3.63) is 48.2 Å². The zero-order valence-corrected chi connectivity index (χ0v) is 12.0. The molecule has 0 unspecified atom stereocenters. The smallest absolute Gasteiger partial charge is 0.157 e. The van der Waals surface area contributed by atoms with E-state index in [1.165, 1.54) is 4.70 Å². The summed E-state index contributed by atoms with van der Waals surface area (Å²) in [7, 11) is 0. The van der Waals surface area contributed by atoms with E-state index in [9.17, 15) is 0 Å². The van der Waals surface area contributed by atoms with Gasteiger partial charge in [-0.1, -0.05) is 18.2 Å². The molecule has 0 saturated carbocycles. The molecule has 1 aromatic carbocycles. The summed E-state index contributed by atoms with van der Waals surface area (Å²) in [5, 5.41) is 0.948. The Balaban J connectivity index is 1.84. The molecule has 19 heavy (non-hydrogen) atoms. The monoisotopic (exact) mass is 287 g/mol. The predicted molar refractivity (Wildman–Crippen MR) is 80.6 cm³/mol. The molecule has 1 atom stereocenters. The number of hydrogen-bond acceptors (Lipinski definition) is 5. The third-order valence-corrected chi connectivity index (χ3v) is 4.80. The van der Waals surface area contributed by atoms with Gasteiger partial charge >= 0.3 is 0 Å². The van der Waals surface area contributed by atoms with Crippen molar-refractivity contribution in [2.75, 3.05) is 0 Å². The fraction of sp³-hybridized carbons (Fsp3) is 0.143. The molecule has 0 aliphatic heterocycles. The Morgan fingerprint density at radius 2 is 2.05 bits per heavy atom. The maximum atomic E-state index is 5.81. The molecule has 0 radical (unpaired) electrons. The number of nitrogens with zero attached hydrogens (tertiary/aromatic N) is 2. The van der Waals surface area contributed by atoms with Crippen molar-refractivity contribution in [3.63, 3.8) is 0 Å². The standard InChI is InChI=1S/C14H13N3S2/c1-9(15)10-6-7-13(16-8-10)19-14-17-11-4-2-3-5-12(11)18-14/h2-9H,15H2,1H3/t9-/m1/s1. The summed E-state index contributed by atoms with van der Waals surface area (Å²) in [6, 6.07) is 12.2. The maximum absolute atomic E-state index is 5.81. The third kappa shape index (κ3) is 2.78. The maximum Gasteiger partial charge on any atom is 0.157 e. The van der Waals surface area contributed by atoms with E-state index >= 15 is 0 Å². The van der Waals surface area contributed by atoms with Gasteiger partial charge in [0.25, 0.3) is 0 Å². The fourth-order valence-electron chi connectivity index (χ4n) is 1.71. The average Bonchev–Trinajstić information content (AvgIpc) is 2.81. The van der Waals surface area contributed by atoms with E-state index in [-0.39, 0.29) is 6.04 Å². The molecule has 2 heterocycles. The predicted octanol–water partition coefficient (Wildman–Crippen LogP) is 3.86. The minimum absolute atomic E-state index is 0.0222. The summed E-state index contributed by atoms with van der Waals surface area (Å²) in [4.78, 5) is 9.00. The lowest BCUT2D eigenvalue weighted by Crippen LogP contribution is -2.04. The number of benzene rings is 1. The Labute approximate surface area is 119 Å². The SMILES string of the molecule is C[C@@H](N)c1ccc(Sc2nc3ccccc3s2)nc1. The highest BCUT2D eigenvalue weighted by Gasteiger charge is 2.06. The van der Waals surface area contributed by atoms with Crippen LogP contribution in [-0.2, 0) is 0 Å². The zero-order valence-electron chi connectivity index (χ0n) is 10.4. The first-order valence-corrected chi connectivity index (χ1v) is 7.60. The molecule has 5 heteroatoms. The highest BCUT2D eigenvalue weighted by molar-refractivity contribution is 8.01. The molecule has 0 bridgehead atoms. The van der Waals surface area contributed by atoms with Gasteiger partial charge in [-0.15, -0.1) is 11.3 Å². The van der Waals surface area contributed by atoms with Gasteiger partial charge in [0.15, 0.2) is 4.34 Å². The number of nitrogens with two attached hydrogens (primary N) is 1.